The summed E-state index contributed by atoms with van der Waals surface area (Å²) >= 11 is 0. The molecule has 1 aromatic rings. The van der Waals surface area contributed by atoms with Crippen molar-refractivity contribution in [2.45, 2.75) is 25.7 Å². The van der Waals surface area contributed by atoms with Crippen LogP contribution in [0.1, 0.15) is 30.0 Å². The van der Waals surface area contributed by atoms with Gasteiger partial charge in [0.1, 0.15) is 0 Å². The molecule has 1 heterocycles. The first-order valence-corrected chi connectivity index (χ1v) is 3.90. The number of hydrogen-bond donors (Lipinski definition) is 0. The Hall–Kier alpha value is -0.720. The molecule has 2 rings (SSSR count). The van der Waals surface area contributed by atoms with E-state index in [9.17, 15) is 0 Å². The van der Waals surface area contributed by atoms with Gasteiger partial charge in [0.25, 0.3) is 0 Å². The van der Waals surface area contributed by atoms with Crippen LogP contribution in [0.4, 0.5) is 0 Å². The lowest BCUT2D eigenvalue weighted by Gasteiger charge is -1.90. The second kappa shape index (κ2) is 1.88. The van der Waals surface area contributed by atoms with Crippen molar-refractivity contribution in [2.75, 3.05) is 0 Å². The quantitative estimate of drug-likeness (QED) is 0.556. The standard InChI is InChI=1S/C9H13N/c1-7-5-9(6-10(7)2)8-3-4-8/h5-6,8H,3-4H2,1-2H3. The second-order valence-electron chi connectivity index (χ2n) is 3.30. The average Bonchev–Trinajstić information content (AvgIpc) is 2.64. The summed E-state index contributed by atoms with van der Waals surface area (Å²) in [6.07, 6.45) is 5.07. The van der Waals surface area contributed by atoms with Crippen molar-refractivity contribution in [3.8, 4) is 0 Å². The summed E-state index contributed by atoms with van der Waals surface area (Å²) < 4.78 is 2.20. The maximum absolute atomic E-state index is 2.30. The molecule has 1 aliphatic carbocycles. The first-order chi connectivity index (χ1) is 4.77. The van der Waals surface area contributed by atoms with Crippen molar-refractivity contribution in [1.82, 2.24) is 4.57 Å². The molecule has 0 radical (unpaired) electrons. The zero-order valence-corrected chi connectivity index (χ0v) is 6.59. The van der Waals surface area contributed by atoms with Gasteiger partial charge in [0.2, 0.25) is 0 Å². The van der Waals surface area contributed by atoms with Crippen LogP contribution in [0.3, 0.4) is 0 Å². The van der Waals surface area contributed by atoms with E-state index in [1.165, 1.54) is 18.5 Å². The Morgan fingerprint density at radius 2 is 2.20 bits per heavy atom. The van der Waals surface area contributed by atoms with Gasteiger partial charge in [0.05, 0.1) is 0 Å². The predicted molar refractivity (Wildman–Crippen MR) is 42.1 cm³/mol. The number of nitrogens with zero attached hydrogens (tertiary/aromatic N) is 1. The van der Waals surface area contributed by atoms with Crippen molar-refractivity contribution < 1.29 is 0 Å². The third-order valence-electron chi connectivity index (χ3n) is 2.32. The second-order valence-corrected chi connectivity index (χ2v) is 3.30. The summed E-state index contributed by atoms with van der Waals surface area (Å²) in [4.78, 5) is 0. The molecule has 54 valence electrons. The predicted octanol–water partition coefficient (Wildman–Crippen LogP) is 2.21. The number of rotatable bonds is 1. The van der Waals surface area contributed by atoms with Gasteiger partial charge in [-0.2, -0.15) is 0 Å². The maximum atomic E-state index is 2.30. The Balaban J connectivity index is 2.34. The lowest BCUT2D eigenvalue weighted by molar-refractivity contribution is 0.877. The normalized spacial score (nSPS) is 17.8. The SMILES string of the molecule is Cc1cc(C2CC2)cn1C. The Morgan fingerprint density at radius 1 is 1.50 bits per heavy atom. The molecular formula is C9H13N. The van der Waals surface area contributed by atoms with E-state index in [1.54, 1.807) is 5.56 Å². The summed E-state index contributed by atoms with van der Waals surface area (Å²) in [6, 6.07) is 2.30. The minimum Gasteiger partial charge on any atom is -0.354 e. The highest BCUT2D eigenvalue weighted by Gasteiger charge is 2.24. The third-order valence-corrected chi connectivity index (χ3v) is 2.32. The Bertz CT molecular complexity index is 224. The van der Waals surface area contributed by atoms with E-state index in [2.05, 4.69) is 30.8 Å². The van der Waals surface area contributed by atoms with Crippen LogP contribution in [0.25, 0.3) is 0 Å². The molecule has 0 N–H and O–H groups in total. The zero-order chi connectivity index (χ0) is 7.14. The van der Waals surface area contributed by atoms with Crippen LogP contribution in [0.5, 0.6) is 0 Å². The fourth-order valence-corrected chi connectivity index (χ4v) is 1.35. The minimum atomic E-state index is 0.903. The first-order valence-electron chi connectivity index (χ1n) is 3.90. The van der Waals surface area contributed by atoms with Crippen LogP contribution in [-0.4, -0.2) is 4.57 Å². The zero-order valence-electron chi connectivity index (χ0n) is 6.59. The summed E-state index contributed by atoms with van der Waals surface area (Å²) in [5, 5.41) is 0. The molecule has 0 spiro atoms. The van der Waals surface area contributed by atoms with Gasteiger partial charge in [0, 0.05) is 18.9 Å². The van der Waals surface area contributed by atoms with Gasteiger partial charge in [-0.05, 0) is 37.3 Å². The van der Waals surface area contributed by atoms with Gasteiger partial charge in [-0.15, -0.1) is 0 Å². The van der Waals surface area contributed by atoms with Crippen molar-refractivity contribution >= 4 is 0 Å². The average molecular weight is 135 g/mol. The van der Waals surface area contributed by atoms with E-state index in [0.717, 1.165) is 5.92 Å². The van der Waals surface area contributed by atoms with Crippen LogP contribution in [0.15, 0.2) is 12.3 Å². The van der Waals surface area contributed by atoms with Gasteiger partial charge in [-0.1, -0.05) is 0 Å². The molecule has 0 aliphatic heterocycles. The molecule has 1 fully saturated rings. The van der Waals surface area contributed by atoms with Crippen LogP contribution < -0.4 is 0 Å². The molecule has 0 amide bonds. The Morgan fingerprint density at radius 3 is 2.60 bits per heavy atom. The van der Waals surface area contributed by atoms with Gasteiger partial charge >= 0.3 is 0 Å². The number of hydrogen-bond acceptors (Lipinski definition) is 0. The molecule has 1 aliphatic rings. The van der Waals surface area contributed by atoms with Gasteiger partial charge in [0.15, 0.2) is 0 Å². The highest BCUT2D eigenvalue weighted by Crippen LogP contribution is 2.40. The highest BCUT2D eigenvalue weighted by molar-refractivity contribution is 5.25. The topological polar surface area (TPSA) is 4.93 Å². The Labute approximate surface area is 61.7 Å². The molecule has 0 unspecified atom stereocenters. The number of aryl methyl sites for hydroxylation is 2. The smallest absolute Gasteiger partial charge is 0.0143 e. The largest absolute Gasteiger partial charge is 0.354 e. The molecule has 0 saturated heterocycles. The van der Waals surface area contributed by atoms with Crippen molar-refractivity contribution in [1.29, 1.82) is 0 Å². The van der Waals surface area contributed by atoms with E-state index in [-0.39, 0.29) is 0 Å². The molecule has 10 heavy (non-hydrogen) atoms. The monoisotopic (exact) mass is 135 g/mol. The summed E-state index contributed by atoms with van der Waals surface area (Å²) in [5.74, 6) is 0.903. The van der Waals surface area contributed by atoms with Crippen molar-refractivity contribution in [3.63, 3.8) is 0 Å². The molecule has 0 bridgehead atoms. The van der Waals surface area contributed by atoms with E-state index in [4.69, 9.17) is 0 Å². The fourth-order valence-electron chi connectivity index (χ4n) is 1.35. The van der Waals surface area contributed by atoms with Crippen molar-refractivity contribution in [3.05, 3.63) is 23.5 Å². The summed E-state index contributed by atoms with van der Waals surface area (Å²) in [6.45, 7) is 2.16. The maximum Gasteiger partial charge on any atom is 0.0143 e. The van der Waals surface area contributed by atoms with Crippen LogP contribution in [-0.2, 0) is 7.05 Å². The molecule has 1 nitrogen and oxygen atoms in total. The molecule has 0 atom stereocenters. The number of aromatic nitrogens is 1. The van der Waals surface area contributed by atoms with Gasteiger partial charge < -0.3 is 4.57 Å². The Kier molecular flexibility index (Phi) is 1.13. The van der Waals surface area contributed by atoms with E-state index >= 15 is 0 Å². The molecule has 0 aromatic carbocycles. The third kappa shape index (κ3) is 0.859. The molecular weight excluding hydrogens is 122 g/mol. The highest BCUT2D eigenvalue weighted by atomic mass is 14.9. The van der Waals surface area contributed by atoms with Crippen molar-refractivity contribution in [2.24, 2.45) is 7.05 Å². The van der Waals surface area contributed by atoms with Gasteiger partial charge in [-0.3, -0.25) is 0 Å². The lowest BCUT2D eigenvalue weighted by Crippen LogP contribution is -1.85. The van der Waals surface area contributed by atoms with E-state index in [0.29, 0.717) is 0 Å². The summed E-state index contributed by atoms with van der Waals surface area (Å²) in [5.41, 5.74) is 2.92. The first kappa shape index (κ1) is 6.02. The molecule has 1 heteroatoms. The minimum absolute atomic E-state index is 0.903. The van der Waals surface area contributed by atoms with E-state index < -0.39 is 0 Å². The fraction of sp³-hybridized carbons (Fsp3) is 0.556. The van der Waals surface area contributed by atoms with Crippen LogP contribution in [0, 0.1) is 6.92 Å². The van der Waals surface area contributed by atoms with E-state index in [1.807, 2.05) is 0 Å². The lowest BCUT2D eigenvalue weighted by atomic mass is 10.2. The van der Waals surface area contributed by atoms with Gasteiger partial charge in [-0.25, -0.2) is 0 Å². The van der Waals surface area contributed by atoms with Crippen LogP contribution >= 0.6 is 0 Å². The molecule has 1 aromatic heterocycles. The summed E-state index contributed by atoms with van der Waals surface area (Å²) in [7, 11) is 2.11. The van der Waals surface area contributed by atoms with Crippen LogP contribution in [0.2, 0.25) is 0 Å². The molecule has 1 saturated carbocycles.